The molecule has 1 saturated heterocycles. The molecule has 20 nitrogen and oxygen atoms in total. The summed E-state index contributed by atoms with van der Waals surface area (Å²) in [5.41, 5.74) is -0.759. The molecule has 0 aromatic carbocycles. The van der Waals surface area contributed by atoms with Gasteiger partial charge in [0, 0.05) is 18.0 Å². The zero-order valence-electron chi connectivity index (χ0n) is 33.0. The maximum Gasteiger partial charge on any atom is 0.327 e. The summed E-state index contributed by atoms with van der Waals surface area (Å²) in [6.45, 7) is 8.24. The van der Waals surface area contributed by atoms with Crippen LogP contribution in [0.1, 0.15) is 53.7 Å². The van der Waals surface area contributed by atoms with Crippen molar-refractivity contribution in [1.82, 2.24) is 29.5 Å². The molecule has 0 radical (unpaired) electrons. The number of amides is 1. The van der Waals surface area contributed by atoms with E-state index < -0.39 is 96.1 Å². The number of aromatic amines is 1. The molecule has 58 heavy (non-hydrogen) atoms. The second kappa shape index (κ2) is 19.1. The standard InChI is InChI=1S/C33H50FN9O11P2SSi/c1-18(2)29(45)41-32-40-28-24(30(46)42-32)38-17-43(28)31-27(26(21(14-44)51-31)54-58(6,7)33(3,4)5)53-56(57,49-12-8-10-35)50-15-19-13-20(23(34)25(19)52-55(47)48)39-22-9-11-36-16-37-22/h9,11,16-21,23,25-27,31,44,55H,8,12-15H2,1-7H3,(H,47,48)(H,36,37,39)(H2,40,41,42,45,46)/t19-,20-,21-,23-,25-,26-,27-,31-,56+/m1/s1. The number of nitrogens with zero attached hydrogens (tertiary/aromatic N) is 6. The van der Waals surface area contributed by atoms with Gasteiger partial charge in [0.05, 0.1) is 44.7 Å². The number of aliphatic hydroxyl groups excluding tert-OH is 1. The molecule has 4 heterocycles. The van der Waals surface area contributed by atoms with E-state index >= 15 is 4.39 Å². The van der Waals surface area contributed by atoms with Crippen molar-refractivity contribution in [2.24, 2.45) is 11.8 Å². The number of hydrogen-bond acceptors (Lipinski definition) is 17. The highest BCUT2D eigenvalue weighted by Crippen LogP contribution is 2.56. The first-order valence-electron chi connectivity index (χ1n) is 18.5. The van der Waals surface area contributed by atoms with Crippen molar-refractivity contribution in [2.75, 3.05) is 30.5 Å². The summed E-state index contributed by atoms with van der Waals surface area (Å²) in [7, 11) is -6.30. The van der Waals surface area contributed by atoms with Crippen LogP contribution >= 0.6 is 15.0 Å². The topological polar surface area (TPSA) is 267 Å². The maximum atomic E-state index is 15.9. The third-order valence-electron chi connectivity index (χ3n) is 10.2. The van der Waals surface area contributed by atoms with E-state index in [1.807, 2.05) is 39.9 Å². The van der Waals surface area contributed by atoms with Crippen molar-refractivity contribution in [3.8, 4) is 6.07 Å². The number of fused-ring (bicyclic) bond motifs is 1. The molecule has 1 amide bonds. The number of alkyl halides is 1. The number of hydrogen-bond donors (Lipinski definition) is 5. The summed E-state index contributed by atoms with van der Waals surface area (Å²) in [5.74, 6) is -1.51. The summed E-state index contributed by atoms with van der Waals surface area (Å²) >= 11 is 5.97. The van der Waals surface area contributed by atoms with Gasteiger partial charge in [-0.3, -0.25) is 33.5 Å². The number of nitrogens with one attached hydrogen (secondary N) is 3. The molecule has 0 bridgehead atoms. The summed E-state index contributed by atoms with van der Waals surface area (Å²) in [5, 5.41) is 25.3. The summed E-state index contributed by atoms with van der Waals surface area (Å²) < 4.78 is 66.5. The maximum absolute atomic E-state index is 15.9. The minimum absolute atomic E-state index is 0.00733. The molecule has 10 atom stereocenters. The van der Waals surface area contributed by atoms with E-state index in [0.717, 1.165) is 0 Å². The Labute approximate surface area is 340 Å². The van der Waals surface area contributed by atoms with Gasteiger partial charge >= 0.3 is 15.0 Å². The molecule has 3 aromatic rings. The number of ether oxygens (including phenoxy) is 1. The van der Waals surface area contributed by atoms with E-state index in [1.165, 1.54) is 29.5 Å². The monoisotopic (exact) mass is 889 g/mol. The number of halogens is 1. The third-order valence-corrected chi connectivity index (χ3v) is 17.5. The van der Waals surface area contributed by atoms with E-state index in [4.69, 9.17) is 39.1 Å². The normalized spacial score (nSPS) is 26.7. The van der Waals surface area contributed by atoms with Crippen molar-refractivity contribution in [3.63, 3.8) is 0 Å². The van der Waals surface area contributed by atoms with Crippen LogP contribution in [-0.4, -0.2) is 110 Å². The Balaban J connectivity index is 1.53. The van der Waals surface area contributed by atoms with Gasteiger partial charge in [-0.05, 0) is 42.4 Å². The fourth-order valence-electron chi connectivity index (χ4n) is 6.14. The largest absolute Gasteiger partial charge is 0.408 e. The first-order valence-corrected chi connectivity index (χ1v) is 25.2. The van der Waals surface area contributed by atoms with Gasteiger partial charge in [-0.15, -0.1) is 0 Å². The van der Waals surface area contributed by atoms with Crippen LogP contribution in [0.2, 0.25) is 18.1 Å². The van der Waals surface area contributed by atoms with Crippen LogP contribution < -0.4 is 16.2 Å². The van der Waals surface area contributed by atoms with Crippen LogP contribution in [0.25, 0.3) is 11.2 Å². The second-order valence-electron chi connectivity index (χ2n) is 15.7. The van der Waals surface area contributed by atoms with Crippen LogP contribution in [0.5, 0.6) is 0 Å². The Morgan fingerprint density at radius 3 is 2.64 bits per heavy atom. The molecule has 0 spiro atoms. The smallest absolute Gasteiger partial charge is 0.327 e. The van der Waals surface area contributed by atoms with Gasteiger partial charge in [0.25, 0.3) is 5.56 Å². The number of aromatic nitrogens is 6. The Hall–Kier alpha value is -3.10. The predicted molar refractivity (Wildman–Crippen MR) is 215 cm³/mol. The highest BCUT2D eigenvalue weighted by Gasteiger charge is 2.54. The Morgan fingerprint density at radius 2 is 2.02 bits per heavy atom. The highest BCUT2D eigenvalue weighted by molar-refractivity contribution is 8.07. The van der Waals surface area contributed by atoms with Crippen LogP contribution in [0.3, 0.4) is 0 Å². The van der Waals surface area contributed by atoms with Gasteiger partial charge in [0.1, 0.15) is 42.7 Å². The van der Waals surface area contributed by atoms with Crippen molar-refractivity contribution in [1.29, 1.82) is 5.26 Å². The van der Waals surface area contributed by atoms with Gasteiger partial charge < -0.3 is 38.1 Å². The van der Waals surface area contributed by atoms with Crippen LogP contribution in [0, 0.1) is 23.2 Å². The molecule has 1 aliphatic heterocycles. The predicted octanol–water partition coefficient (Wildman–Crippen LogP) is 3.95. The van der Waals surface area contributed by atoms with Crippen LogP contribution in [0.4, 0.5) is 16.2 Å². The number of aliphatic hydroxyl groups is 1. The van der Waals surface area contributed by atoms with Crippen molar-refractivity contribution in [3.05, 3.63) is 35.3 Å². The molecule has 2 aliphatic rings. The number of rotatable bonds is 18. The molecule has 25 heteroatoms. The third kappa shape index (κ3) is 10.8. The molecular weight excluding hydrogens is 840 g/mol. The van der Waals surface area contributed by atoms with Crippen LogP contribution in [0.15, 0.2) is 29.7 Å². The van der Waals surface area contributed by atoms with Gasteiger partial charge in [-0.2, -0.15) is 10.2 Å². The average molecular weight is 890 g/mol. The molecule has 3 aromatic heterocycles. The summed E-state index contributed by atoms with van der Waals surface area (Å²) in [6, 6.07) is 2.61. The average Bonchev–Trinajstić information content (AvgIpc) is 3.80. The van der Waals surface area contributed by atoms with Crippen molar-refractivity contribution < 1.29 is 51.0 Å². The quantitative estimate of drug-likeness (QED) is 0.0687. The van der Waals surface area contributed by atoms with Gasteiger partial charge in [-0.25, -0.2) is 19.3 Å². The molecule has 1 saturated carbocycles. The number of H-pyrrole nitrogens is 1. The molecular formula is C33H50FN9O11P2SSi. The summed E-state index contributed by atoms with van der Waals surface area (Å²) in [6.07, 6.45) is -3.75. The Morgan fingerprint density at radius 1 is 1.28 bits per heavy atom. The number of carbonyl (C=O) groups is 1. The number of imidazole rings is 1. The second-order valence-corrected chi connectivity index (χ2v) is 24.1. The molecule has 320 valence electrons. The minimum Gasteiger partial charge on any atom is -0.408 e. The molecule has 1 unspecified atom stereocenters. The van der Waals surface area contributed by atoms with Crippen molar-refractivity contribution >= 4 is 63.9 Å². The first-order chi connectivity index (χ1) is 27.3. The molecule has 5 N–H and O–H groups in total. The Kier molecular flexibility index (Phi) is 15.1. The van der Waals surface area contributed by atoms with E-state index in [2.05, 4.69) is 35.6 Å². The number of anilines is 2. The van der Waals surface area contributed by atoms with E-state index in [9.17, 15) is 29.4 Å². The number of nitriles is 1. The molecule has 5 rings (SSSR count). The van der Waals surface area contributed by atoms with Crippen LogP contribution in [-0.2, 0) is 48.4 Å². The lowest BCUT2D eigenvalue weighted by Crippen LogP contribution is -2.50. The van der Waals surface area contributed by atoms with E-state index in [0.29, 0.717) is 5.82 Å². The fraction of sp³-hybridized carbons (Fsp3) is 0.667. The highest BCUT2D eigenvalue weighted by atomic mass is 32.5. The summed E-state index contributed by atoms with van der Waals surface area (Å²) in [4.78, 5) is 54.6. The lowest BCUT2D eigenvalue weighted by Gasteiger charge is -2.41. The van der Waals surface area contributed by atoms with Gasteiger partial charge in [-0.1, -0.05) is 34.6 Å². The zero-order chi connectivity index (χ0) is 42.6. The SMILES string of the molecule is CC(C)C(=O)Nc1nc2c(ncn2[C@@H]2O[C@H](CO)[C@@H](O[Si](C)(C)C(C)(C)C)[C@H]2O[P@](=S)(OCCC#N)OC[C@H]2C[C@@H](Nc3ccncn3)[C@@H](F)[C@@H]2O[PH](=O)O)c(=O)[nH]1. The van der Waals surface area contributed by atoms with E-state index in [1.54, 1.807) is 13.8 Å². The molecule has 2 fully saturated rings. The van der Waals surface area contributed by atoms with Gasteiger partial charge in [0.15, 0.2) is 25.7 Å². The lowest BCUT2D eigenvalue weighted by atomic mass is 10.1. The van der Waals surface area contributed by atoms with E-state index in [-0.39, 0.29) is 48.2 Å². The van der Waals surface area contributed by atoms with Crippen molar-refractivity contribution in [2.45, 2.75) is 108 Å². The zero-order valence-corrected chi connectivity index (χ0v) is 36.7. The molecule has 1 aliphatic carbocycles. The number of carbonyl (C=O) groups excluding carboxylic acids is 1. The van der Waals surface area contributed by atoms with Gasteiger partial charge in [0.2, 0.25) is 11.9 Å². The lowest BCUT2D eigenvalue weighted by molar-refractivity contribution is -0.118. The minimum atomic E-state index is -4.02. The fourth-order valence-corrected chi connectivity index (χ4v) is 10.1. The Bertz CT molecular complexity index is 2070. The first kappa shape index (κ1) is 46.0.